The van der Waals surface area contributed by atoms with E-state index in [4.69, 9.17) is 4.74 Å². The lowest BCUT2D eigenvalue weighted by Gasteiger charge is -2.26. The molecule has 0 spiro atoms. The molecule has 0 unspecified atom stereocenters. The molecule has 1 rings (SSSR count). The SMILES string of the molecule is C[C@H]([C@@H](Cc1ccccc1)NC(=O)OC(C)(C)C)S(=O)(=O)O. The van der Waals surface area contributed by atoms with E-state index >= 15 is 0 Å². The maximum atomic E-state index is 11.9. The number of hydrogen-bond acceptors (Lipinski definition) is 4. The quantitative estimate of drug-likeness (QED) is 0.809. The van der Waals surface area contributed by atoms with E-state index in [1.165, 1.54) is 6.92 Å². The molecular weight excluding hydrogens is 306 g/mol. The molecule has 2 N–H and O–H groups in total. The van der Waals surface area contributed by atoms with Crippen LogP contribution in [0, 0.1) is 0 Å². The fourth-order valence-electron chi connectivity index (χ4n) is 1.87. The monoisotopic (exact) mass is 329 g/mol. The van der Waals surface area contributed by atoms with E-state index in [2.05, 4.69) is 5.32 Å². The van der Waals surface area contributed by atoms with Crippen molar-refractivity contribution in [3.05, 3.63) is 35.9 Å². The fraction of sp³-hybridized carbons (Fsp3) is 0.533. The smallest absolute Gasteiger partial charge is 0.407 e. The van der Waals surface area contributed by atoms with E-state index in [1.54, 1.807) is 20.8 Å². The van der Waals surface area contributed by atoms with Gasteiger partial charge in [0.1, 0.15) is 10.9 Å². The maximum Gasteiger partial charge on any atom is 0.407 e. The van der Waals surface area contributed by atoms with Crippen molar-refractivity contribution < 1.29 is 22.5 Å². The molecule has 6 nitrogen and oxygen atoms in total. The molecule has 1 amide bonds. The average Bonchev–Trinajstić information content (AvgIpc) is 2.35. The summed E-state index contributed by atoms with van der Waals surface area (Å²) in [6.07, 6.45) is -0.454. The second kappa shape index (κ2) is 7.11. The molecule has 22 heavy (non-hydrogen) atoms. The van der Waals surface area contributed by atoms with Gasteiger partial charge in [-0.05, 0) is 39.7 Å². The van der Waals surface area contributed by atoms with E-state index in [1.807, 2.05) is 30.3 Å². The Morgan fingerprint density at radius 1 is 1.27 bits per heavy atom. The van der Waals surface area contributed by atoms with Gasteiger partial charge in [-0.25, -0.2) is 4.79 Å². The first-order valence-electron chi connectivity index (χ1n) is 6.99. The number of carbonyl (C=O) groups is 1. The number of nitrogens with one attached hydrogen (secondary N) is 1. The average molecular weight is 329 g/mol. The van der Waals surface area contributed by atoms with Gasteiger partial charge in [0.25, 0.3) is 10.1 Å². The highest BCUT2D eigenvalue weighted by Gasteiger charge is 2.30. The minimum absolute atomic E-state index is 0.265. The van der Waals surface area contributed by atoms with Gasteiger partial charge in [-0.15, -0.1) is 0 Å². The molecule has 0 radical (unpaired) electrons. The first-order valence-corrected chi connectivity index (χ1v) is 8.49. The predicted molar refractivity (Wildman–Crippen MR) is 84.3 cm³/mol. The molecular formula is C15H23NO5S. The number of ether oxygens (including phenoxy) is 1. The summed E-state index contributed by atoms with van der Waals surface area (Å²) in [6.45, 7) is 6.49. The zero-order valence-corrected chi connectivity index (χ0v) is 14.1. The minimum Gasteiger partial charge on any atom is -0.444 e. The summed E-state index contributed by atoms with van der Waals surface area (Å²) >= 11 is 0. The summed E-state index contributed by atoms with van der Waals surface area (Å²) < 4.78 is 37.2. The fourth-order valence-corrected chi connectivity index (χ4v) is 2.45. The van der Waals surface area contributed by atoms with Crippen molar-refractivity contribution in [2.24, 2.45) is 0 Å². The van der Waals surface area contributed by atoms with Gasteiger partial charge in [-0.1, -0.05) is 30.3 Å². The van der Waals surface area contributed by atoms with Crippen LogP contribution in [0.4, 0.5) is 4.79 Å². The van der Waals surface area contributed by atoms with Gasteiger partial charge in [0, 0.05) is 0 Å². The van der Waals surface area contributed by atoms with Crippen molar-refractivity contribution >= 4 is 16.2 Å². The molecule has 0 aliphatic carbocycles. The van der Waals surface area contributed by atoms with Gasteiger partial charge in [0.2, 0.25) is 0 Å². The highest BCUT2D eigenvalue weighted by atomic mass is 32.2. The number of hydrogen-bond donors (Lipinski definition) is 2. The third-order valence-electron chi connectivity index (χ3n) is 3.04. The van der Waals surface area contributed by atoms with Crippen molar-refractivity contribution in [1.82, 2.24) is 5.32 Å². The maximum absolute atomic E-state index is 11.9. The molecule has 0 bridgehead atoms. The predicted octanol–water partition coefficient (Wildman–Crippen LogP) is 2.40. The van der Waals surface area contributed by atoms with Crippen LogP contribution in [0.5, 0.6) is 0 Å². The molecule has 0 aromatic heterocycles. The van der Waals surface area contributed by atoms with Gasteiger partial charge >= 0.3 is 6.09 Å². The van der Waals surface area contributed by atoms with Crippen LogP contribution in [-0.4, -0.2) is 36.0 Å². The van der Waals surface area contributed by atoms with Crippen LogP contribution in [0.1, 0.15) is 33.3 Å². The zero-order chi connectivity index (χ0) is 17.0. The number of alkyl carbamates (subject to hydrolysis) is 1. The molecule has 0 heterocycles. The molecule has 1 aromatic rings. The molecule has 0 saturated carbocycles. The lowest BCUT2D eigenvalue weighted by molar-refractivity contribution is 0.0503. The normalized spacial score (nSPS) is 15.0. The number of rotatable bonds is 5. The second-order valence-corrected chi connectivity index (χ2v) is 7.94. The summed E-state index contributed by atoms with van der Waals surface area (Å²) in [5.41, 5.74) is 0.155. The summed E-state index contributed by atoms with van der Waals surface area (Å²) in [7, 11) is -4.28. The lowest BCUT2D eigenvalue weighted by Crippen LogP contribution is -2.48. The lowest BCUT2D eigenvalue weighted by atomic mass is 10.0. The summed E-state index contributed by atoms with van der Waals surface area (Å²) in [4.78, 5) is 11.9. The Labute approximate surface area is 131 Å². The molecule has 7 heteroatoms. The van der Waals surface area contributed by atoms with Crippen molar-refractivity contribution in [3.63, 3.8) is 0 Å². The van der Waals surface area contributed by atoms with Crippen LogP contribution in [-0.2, 0) is 21.3 Å². The van der Waals surface area contributed by atoms with E-state index in [-0.39, 0.29) is 6.42 Å². The van der Waals surface area contributed by atoms with Crippen molar-refractivity contribution in [1.29, 1.82) is 0 Å². The van der Waals surface area contributed by atoms with Crippen molar-refractivity contribution in [2.75, 3.05) is 0 Å². The van der Waals surface area contributed by atoms with Gasteiger partial charge in [-0.2, -0.15) is 8.42 Å². The van der Waals surface area contributed by atoms with Crippen LogP contribution >= 0.6 is 0 Å². The van der Waals surface area contributed by atoms with E-state index in [9.17, 15) is 17.8 Å². The Hall–Kier alpha value is -1.60. The number of carbonyl (C=O) groups excluding carboxylic acids is 1. The topological polar surface area (TPSA) is 92.7 Å². The molecule has 2 atom stereocenters. The Kier molecular flexibility index (Phi) is 5.96. The summed E-state index contributed by atoms with van der Waals surface area (Å²) in [5.74, 6) is 0. The Bertz CT molecular complexity index is 592. The highest BCUT2D eigenvalue weighted by Crippen LogP contribution is 2.13. The molecule has 0 aliphatic rings. The third-order valence-corrected chi connectivity index (χ3v) is 4.31. The molecule has 1 aromatic carbocycles. The van der Waals surface area contributed by atoms with Crippen LogP contribution in [0.15, 0.2) is 30.3 Å². The first-order chi connectivity index (χ1) is 9.99. The van der Waals surface area contributed by atoms with Crippen LogP contribution in [0.2, 0.25) is 0 Å². The molecule has 124 valence electrons. The van der Waals surface area contributed by atoms with Gasteiger partial charge in [-0.3, -0.25) is 4.55 Å². The van der Waals surface area contributed by atoms with Crippen LogP contribution < -0.4 is 5.32 Å². The van der Waals surface area contributed by atoms with Crippen molar-refractivity contribution in [2.45, 2.75) is 51.0 Å². The Balaban J connectivity index is 2.90. The minimum atomic E-state index is -4.28. The number of amides is 1. The third kappa shape index (κ3) is 6.44. The highest BCUT2D eigenvalue weighted by molar-refractivity contribution is 7.86. The summed E-state index contributed by atoms with van der Waals surface area (Å²) in [6, 6.07) is 8.32. The standard InChI is InChI=1S/C15H23NO5S/c1-11(22(18,19)20)13(10-12-8-6-5-7-9-12)16-14(17)21-15(2,3)4/h5-9,11,13H,10H2,1-4H3,(H,16,17)(H,18,19,20)/t11-,13-/m1/s1. The molecule has 0 saturated heterocycles. The second-order valence-electron chi connectivity index (χ2n) is 6.16. The van der Waals surface area contributed by atoms with Crippen molar-refractivity contribution in [3.8, 4) is 0 Å². The van der Waals surface area contributed by atoms with E-state index in [0.717, 1.165) is 5.56 Å². The van der Waals surface area contributed by atoms with Crippen LogP contribution in [0.25, 0.3) is 0 Å². The van der Waals surface area contributed by atoms with Crippen LogP contribution in [0.3, 0.4) is 0 Å². The van der Waals surface area contributed by atoms with E-state index < -0.39 is 33.1 Å². The summed E-state index contributed by atoms with van der Waals surface area (Å²) in [5, 5.41) is 1.38. The van der Waals surface area contributed by atoms with Gasteiger partial charge in [0.15, 0.2) is 0 Å². The Morgan fingerprint density at radius 3 is 2.27 bits per heavy atom. The zero-order valence-electron chi connectivity index (χ0n) is 13.2. The molecule has 0 fully saturated rings. The first kappa shape index (κ1) is 18.4. The largest absolute Gasteiger partial charge is 0.444 e. The molecule has 0 aliphatic heterocycles. The van der Waals surface area contributed by atoms with E-state index in [0.29, 0.717) is 0 Å². The van der Waals surface area contributed by atoms with Gasteiger partial charge < -0.3 is 10.1 Å². The Morgan fingerprint density at radius 2 is 1.82 bits per heavy atom. The van der Waals surface area contributed by atoms with Gasteiger partial charge in [0.05, 0.1) is 6.04 Å². The number of benzene rings is 1.